The maximum atomic E-state index is 5.06. The van der Waals surface area contributed by atoms with E-state index in [-0.39, 0.29) is 0 Å². The third-order valence-electron chi connectivity index (χ3n) is 7.74. The molecule has 4 heteroatoms. The van der Waals surface area contributed by atoms with Crippen molar-refractivity contribution in [3.8, 4) is 0 Å². The van der Waals surface area contributed by atoms with Crippen LogP contribution in [0.3, 0.4) is 0 Å². The lowest BCUT2D eigenvalue weighted by Gasteiger charge is -2.20. The van der Waals surface area contributed by atoms with Gasteiger partial charge in [-0.1, -0.05) is 156 Å². The first-order valence-electron chi connectivity index (χ1n) is 21.0. The predicted octanol–water partition coefficient (Wildman–Crippen LogP) is 13.4. The monoisotopic (exact) mass is 663 g/mol. The average molecular weight is 663 g/mol. The summed E-state index contributed by atoms with van der Waals surface area (Å²) in [6.45, 7) is 44.1. The quantitative estimate of drug-likeness (QED) is 0.271. The number of nitrogens with one attached hydrogen (secondary N) is 2. The van der Waals surface area contributed by atoms with Crippen molar-refractivity contribution in [1.82, 2.24) is 10.6 Å². The van der Waals surface area contributed by atoms with Crippen LogP contribution < -0.4 is 10.6 Å². The Morgan fingerprint density at radius 3 is 0.978 bits per heavy atom. The van der Waals surface area contributed by atoms with E-state index < -0.39 is 0 Å². The minimum absolute atomic E-state index is 0.565. The van der Waals surface area contributed by atoms with Gasteiger partial charge in [-0.05, 0) is 89.3 Å². The Labute approximate surface area is 296 Å². The van der Waals surface area contributed by atoms with Gasteiger partial charge < -0.3 is 20.1 Å². The van der Waals surface area contributed by atoms with Crippen LogP contribution in [0.2, 0.25) is 0 Å². The Bertz CT molecular complexity index is 349. The molecule has 0 spiro atoms. The SMILES string of the molecule is CC.CC.CC.CC.CC.CC.CC1CCC1.CC1CCCC1.C[C@H]1CCCN1.C[C@H]1CCNC1.C[C@H]1CCO1.C[C@H]1CCOC1. The molecule has 4 atom stereocenters. The van der Waals surface area contributed by atoms with E-state index in [1.54, 1.807) is 0 Å². The van der Waals surface area contributed by atoms with Crippen LogP contribution in [0.25, 0.3) is 0 Å². The number of hydrogen-bond donors (Lipinski definition) is 2. The summed E-state index contributed by atoms with van der Waals surface area (Å²) >= 11 is 0. The fourth-order valence-electron chi connectivity index (χ4n) is 4.41. The fourth-order valence-corrected chi connectivity index (χ4v) is 4.41. The maximum Gasteiger partial charge on any atom is 0.0568 e. The highest BCUT2D eigenvalue weighted by atomic mass is 16.5. The van der Waals surface area contributed by atoms with E-state index in [9.17, 15) is 0 Å². The third kappa shape index (κ3) is 50.7. The molecule has 2 aliphatic carbocycles. The lowest BCUT2D eigenvalue weighted by Crippen LogP contribution is -2.22. The van der Waals surface area contributed by atoms with Gasteiger partial charge in [-0.25, -0.2) is 0 Å². The molecule has 0 aromatic heterocycles. The van der Waals surface area contributed by atoms with Crippen LogP contribution in [0.15, 0.2) is 0 Å². The van der Waals surface area contributed by atoms with Crippen LogP contribution >= 0.6 is 0 Å². The van der Waals surface area contributed by atoms with Gasteiger partial charge in [0.25, 0.3) is 0 Å². The van der Waals surface area contributed by atoms with E-state index in [1.807, 2.05) is 83.1 Å². The second kappa shape index (κ2) is 54.3. The lowest BCUT2D eigenvalue weighted by molar-refractivity contribution is -0.0375. The van der Waals surface area contributed by atoms with Crippen LogP contribution in [0.5, 0.6) is 0 Å². The van der Waals surface area contributed by atoms with Gasteiger partial charge in [-0.3, -0.25) is 0 Å². The van der Waals surface area contributed by atoms with Crippen molar-refractivity contribution in [3.05, 3.63) is 0 Å². The standard InChI is InChI=1S/C6H12.2C5H11N.C5H10O.C5H10.C4H8O.6C2H6/c1-6-4-2-3-5-6;1-5-2-3-6-4-5;1-5-3-2-4-6-5;1-5-2-3-6-4-5;1-5-3-2-4-5;1-4-2-3-5-4;6*1-2/h6H,2-5H2,1H3;2*5-6H,2-4H2,1H3;5H,2-4H2,1H3;5H,2-4H2,1H3;4H,2-3H2,1H3;6*1-2H3/t;3*5-;;4-;;;;;;/m.000.0....../s1. The molecule has 0 aromatic rings. The van der Waals surface area contributed by atoms with E-state index in [2.05, 4.69) is 52.2 Å². The van der Waals surface area contributed by atoms with E-state index in [1.165, 1.54) is 96.7 Å². The van der Waals surface area contributed by atoms with Crippen molar-refractivity contribution >= 4 is 0 Å². The molecule has 46 heavy (non-hydrogen) atoms. The Morgan fingerprint density at radius 1 is 0.435 bits per heavy atom. The van der Waals surface area contributed by atoms with Crippen LogP contribution in [0.4, 0.5) is 0 Å². The van der Waals surface area contributed by atoms with Crippen molar-refractivity contribution in [3.63, 3.8) is 0 Å². The van der Waals surface area contributed by atoms with E-state index >= 15 is 0 Å². The summed E-state index contributed by atoms with van der Waals surface area (Å²) in [6, 6.07) is 0.796. The van der Waals surface area contributed by atoms with Gasteiger partial charge in [-0.15, -0.1) is 0 Å². The van der Waals surface area contributed by atoms with E-state index in [0.29, 0.717) is 6.10 Å². The highest BCUT2D eigenvalue weighted by Gasteiger charge is 2.10. The number of rotatable bonds is 0. The van der Waals surface area contributed by atoms with Gasteiger partial charge in [0, 0.05) is 25.9 Å². The fraction of sp³-hybridized carbons (Fsp3) is 1.00. The summed E-state index contributed by atoms with van der Waals surface area (Å²) in [5, 5.41) is 6.59. The van der Waals surface area contributed by atoms with Crippen molar-refractivity contribution < 1.29 is 9.47 Å². The minimum Gasteiger partial charge on any atom is -0.381 e. The van der Waals surface area contributed by atoms with E-state index in [4.69, 9.17) is 9.47 Å². The minimum atomic E-state index is 0.565. The van der Waals surface area contributed by atoms with Crippen LogP contribution in [-0.4, -0.2) is 51.6 Å². The molecule has 2 N–H and O–H groups in total. The molecule has 6 fully saturated rings. The zero-order valence-electron chi connectivity index (χ0n) is 36.0. The molecule has 6 rings (SSSR count). The van der Waals surface area contributed by atoms with E-state index in [0.717, 1.165) is 49.5 Å². The zero-order valence-corrected chi connectivity index (χ0v) is 36.0. The summed E-state index contributed by atoms with van der Waals surface area (Å²) in [7, 11) is 0. The molecule has 4 saturated heterocycles. The second-order valence-corrected chi connectivity index (χ2v) is 12.0. The summed E-state index contributed by atoms with van der Waals surface area (Å²) in [6.07, 6.45) is 17.6. The lowest BCUT2D eigenvalue weighted by atomic mass is 9.88. The molecule has 0 bridgehead atoms. The van der Waals surface area contributed by atoms with Gasteiger partial charge in [0.1, 0.15) is 0 Å². The van der Waals surface area contributed by atoms with Crippen LogP contribution in [0, 0.1) is 23.7 Å². The highest BCUT2D eigenvalue weighted by Crippen LogP contribution is 2.24. The van der Waals surface area contributed by atoms with Crippen molar-refractivity contribution in [2.45, 2.75) is 214 Å². The smallest absolute Gasteiger partial charge is 0.0568 e. The largest absolute Gasteiger partial charge is 0.381 e. The Balaban J connectivity index is -0.0000000980. The molecule has 6 aliphatic rings. The first kappa shape index (κ1) is 58.1. The molecule has 0 amide bonds. The number of hydrogen-bond acceptors (Lipinski definition) is 4. The Hall–Kier alpha value is -0.160. The molecule has 0 aromatic carbocycles. The highest BCUT2D eigenvalue weighted by molar-refractivity contribution is 4.67. The van der Waals surface area contributed by atoms with Crippen LogP contribution in [0.1, 0.15) is 202 Å². The molecule has 0 unspecified atom stereocenters. The average Bonchev–Trinajstić information content (AvgIpc) is 3.95. The first-order valence-corrected chi connectivity index (χ1v) is 21.0. The second-order valence-electron chi connectivity index (χ2n) is 12.0. The first-order chi connectivity index (χ1) is 22.4. The predicted molar refractivity (Wildman–Crippen MR) is 217 cm³/mol. The summed E-state index contributed by atoms with van der Waals surface area (Å²) in [4.78, 5) is 0. The topological polar surface area (TPSA) is 42.5 Å². The summed E-state index contributed by atoms with van der Waals surface area (Å²) in [5.41, 5.74) is 0. The van der Waals surface area contributed by atoms with Gasteiger partial charge in [0.15, 0.2) is 0 Å². The number of ether oxygens (including phenoxy) is 2. The molecule has 0 radical (unpaired) electrons. The van der Waals surface area contributed by atoms with Crippen molar-refractivity contribution in [2.75, 3.05) is 39.5 Å². The van der Waals surface area contributed by atoms with Crippen molar-refractivity contribution in [2.24, 2.45) is 23.7 Å². The molecule has 4 heterocycles. The summed E-state index contributed by atoms with van der Waals surface area (Å²) < 4.78 is 9.99. The molecule has 288 valence electrons. The molecule has 4 aliphatic heterocycles. The normalized spacial score (nSPS) is 24.4. The molecular formula is C42H98N2O2. The maximum absolute atomic E-state index is 5.06. The Kier molecular flexibility index (Phi) is 68.5. The van der Waals surface area contributed by atoms with Gasteiger partial charge in [0.05, 0.1) is 6.10 Å². The molecule has 2 saturated carbocycles. The van der Waals surface area contributed by atoms with Gasteiger partial charge in [-0.2, -0.15) is 0 Å². The third-order valence-corrected chi connectivity index (χ3v) is 7.74. The van der Waals surface area contributed by atoms with Crippen LogP contribution in [-0.2, 0) is 9.47 Å². The summed E-state index contributed by atoms with van der Waals surface area (Å²) in [5.74, 6) is 3.87. The Morgan fingerprint density at radius 2 is 0.891 bits per heavy atom. The van der Waals surface area contributed by atoms with Gasteiger partial charge in [0.2, 0.25) is 0 Å². The van der Waals surface area contributed by atoms with Gasteiger partial charge >= 0.3 is 0 Å². The van der Waals surface area contributed by atoms with Crippen molar-refractivity contribution in [1.29, 1.82) is 0 Å². The zero-order chi connectivity index (χ0) is 37.0. The molecular weight excluding hydrogens is 564 g/mol. The molecule has 4 nitrogen and oxygen atoms in total.